The van der Waals surface area contributed by atoms with E-state index in [1.807, 2.05) is 0 Å². The maximum Gasteiger partial charge on any atom is 0.237 e. The lowest BCUT2D eigenvalue weighted by Gasteiger charge is -2.40. The molecule has 2 aliphatic heterocycles. The molecule has 0 spiro atoms. The molecule has 2 aliphatic rings. The van der Waals surface area contributed by atoms with Gasteiger partial charge in [0.2, 0.25) is 5.91 Å². The van der Waals surface area contributed by atoms with Crippen molar-refractivity contribution in [2.24, 2.45) is 0 Å². The van der Waals surface area contributed by atoms with Gasteiger partial charge in [-0.1, -0.05) is 30.3 Å². The average molecular weight is 403 g/mol. The summed E-state index contributed by atoms with van der Waals surface area (Å²) < 4.78 is 0. The van der Waals surface area contributed by atoms with Crippen LogP contribution in [0.5, 0.6) is 0 Å². The molecular formula is C19H32Cl2N4O. The van der Waals surface area contributed by atoms with Crippen LogP contribution in [0.15, 0.2) is 30.3 Å². The van der Waals surface area contributed by atoms with Crippen LogP contribution in [0.2, 0.25) is 0 Å². The highest BCUT2D eigenvalue weighted by molar-refractivity contribution is 5.85. The van der Waals surface area contributed by atoms with E-state index in [4.69, 9.17) is 0 Å². The molecular weight excluding hydrogens is 371 g/mol. The van der Waals surface area contributed by atoms with Crippen molar-refractivity contribution in [1.82, 2.24) is 20.0 Å². The zero-order valence-corrected chi connectivity index (χ0v) is 17.4. The Hall–Kier alpha value is -0.850. The number of hydrogen-bond acceptors (Lipinski definition) is 4. The van der Waals surface area contributed by atoms with Crippen molar-refractivity contribution in [2.75, 3.05) is 45.8 Å². The van der Waals surface area contributed by atoms with Crippen molar-refractivity contribution in [3.63, 3.8) is 0 Å². The lowest BCUT2D eigenvalue weighted by atomic mass is 10.1. The molecule has 1 aromatic rings. The number of nitrogens with zero attached hydrogens (tertiary/aromatic N) is 3. The molecule has 2 unspecified atom stereocenters. The third-order valence-corrected chi connectivity index (χ3v) is 5.43. The molecule has 7 heteroatoms. The molecule has 2 saturated heterocycles. The van der Waals surface area contributed by atoms with E-state index >= 15 is 0 Å². The molecule has 2 heterocycles. The highest BCUT2D eigenvalue weighted by Crippen LogP contribution is 2.12. The minimum Gasteiger partial charge on any atom is -0.336 e. The van der Waals surface area contributed by atoms with Gasteiger partial charge in [-0.25, -0.2) is 0 Å². The SMILES string of the molecule is CC1NCCN(C(=O)CN2CCN(Cc3ccccc3)CC2)C1C.Cl.Cl. The van der Waals surface area contributed by atoms with E-state index in [1.54, 1.807) is 0 Å². The maximum absolute atomic E-state index is 12.6. The normalized spacial score (nSPS) is 24.5. The third kappa shape index (κ3) is 6.10. The number of hydrogen-bond donors (Lipinski definition) is 1. The quantitative estimate of drug-likeness (QED) is 0.833. The molecule has 0 radical (unpaired) electrons. The summed E-state index contributed by atoms with van der Waals surface area (Å²) in [7, 11) is 0. The summed E-state index contributed by atoms with van der Waals surface area (Å²) in [6.45, 7) is 11.7. The summed E-state index contributed by atoms with van der Waals surface area (Å²) in [6.07, 6.45) is 0. The molecule has 0 aliphatic carbocycles. The van der Waals surface area contributed by atoms with Crippen LogP contribution in [0.1, 0.15) is 19.4 Å². The Morgan fingerprint density at radius 1 is 1.00 bits per heavy atom. The Morgan fingerprint density at radius 3 is 2.27 bits per heavy atom. The first-order valence-corrected chi connectivity index (χ1v) is 9.15. The Morgan fingerprint density at radius 2 is 1.62 bits per heavy atom. The fourth-order valence-electron chi connectivity index (χ4n) is 3.64. The summed E-state index contributed by atoms with van der Waals surface area (Å²) in [5, 5.41) is 3.44. The molecule has 0 bridgehead atoms. The Kier molecular flexibility index (Phi) is 9.90. The second kappa shape index (κ2) is 11.1. The van der Waals surface area contributed by atoms with Crippen molar-refractivity contribution in [2.45, 2.75) is 32.5 Å². The van der Waals surface area contributed by atoms with E-state index in [-0.39, 0.29) is 36.8 Å². The van der Waals surface area contributed by atoms with Gasteiger partial charge in [-0.15, -0.1) is 24.8 Å². The van der Waals surface area contributed by atoms with Crippen molar-refractivity contribution < 1.29 is 4.79 Å². The number of carbonyl (C=O) groups excluding carboxylic acids is 1. The van der Waals surface area contributed by atoms with E-state index in [0.717, 1.165) is 45.8 Å². The minimum absolute atomic E-state index is 0. The topological polar surface area (TPSA) is 38.8 Å². The number of halogens is 2. The van der Waals surface area contributed by atoms with E-state index in [2.05, 4.69) is 64.2 Å². The first-order valence-electron chi connectivity index (χ1n) is 9.15. The maximum atomic E-state index is 12.6. The lowest BCUT2D eigenvalue weighted by Crippen LogP contribution is -2.59. The summed E-state index contributed by atoms with van der Waals surface area (Å²) in [4.78, 5) is 19.5. The Balaban J connectivity index is 0.00000169. The van der Waals surface area contributed by atoms with Gasteiger partial charge in [0.05, 0.1) is 6.54 Å². The zero-order chi connectivity index (χ0) is 16.9. The lowest BCUT2D eigenvalue weighted by molar-refractivity contribution is -0.136. The van der Waals surface area contributed by atoms with Gasteiger partial charge in [-0.3, -0.25) is 14.6 Å². The monoisotopic (exact) mass is 402 g/mol. The van der Waals surface area contributed by atoms with Crippen LogP contribution in [-0.2, 0) is 11.3 Å². The van der Waals surface area contributed by atoms with Crippen LogP contribution in [0.4, 0.5) is 0 Å². The fraction of sp³-hybridized carbons (Fsp3) is 0.632. The van der Waals surface area contributed by atoms with E-state index < -0.39 is 0 Å². The first kappa shape index (κ1) is 23.2. The van der Waals surface area contributed by atoms with Gasteiger partial charge in [0.15, 0.2) is 0 Å². The van der Waals surface area contributed by atoms with Gasteiger partial charge in [0.1, 0.15) is 0 Å². The Bertz CT molecular complexity index is 538. The molecule has 0 aromatic heterocycles. The van der Waals surface area contributed by atoms with Gasteiger partial charge in [-0.2, -0.15) is 0 Å². The van der Waals surface area contributed by atoms with E-state index in [9.17, 15) is 4.79 Å². The molecule has 148 valence electrons. The second-order valence-corrected chi connectivity index (χ2v) is 7.11. The first-order chi connectivity index (χ1) is 11.6. The minimum atomic E-state index is 0. The number of nitrogens with one attached hydrogen (secondary N) is 1. The molecule has 1 aromatic carbocycles. The summed E-state index contributed by atoms with van der Waals surface area (Å²) >= 11 is 0. The molecule has 26 heavy (non-hydrogen) atoms. The number of piperazine rings is 2. The average Bonchev–Trinajstić information content (AvgIpc) is 2.60. The largest absolute Gasteiger partial charge is 0.336 e. The van der Waals surface area contributed by atoms with Crippen molar-refractivity contribution >= 4 is 30.7 Å². The molecule has 1 amide bonds. The van der Waals surface area contributed by atoms with E-state index in [0.29, 0.717) is 12.6 Å². The number of amides is 1. The standard InChI is InChI=1S/C19H30N4O.2ClH/c1-16-17(2)23(9-8-20-16)19(24)15-22-12-10-21(11-13-22)14-18-6-4-3-5-7-18;;/h3-7,16-17,20H,8-15H2,1-2H3;2*1H. The summed E-state index contributed by atoms with van der Waals surface area (Å²) in [5.41, 5.74) is 1.37. The summed E-state index contributed by atoms with van der Waals surface area (Å²) in [6, 6.07) is 11.3. The number of carbonyl (C=O) groups is 1. The second-order valence-electron chi connectivity index (χ2n) is 7.11. The molecule has 1 N–H and O–H groups in total. The number of benzene rings is 1. The Labute approximate surface area is 169 Å². The van der Waals surface area contributed by atoms with Crippen LogP contribution in [-0.4, -0.2) is 78.5 Å². The zero-order valence-electron chi connectivity index (χ0n) is 15.8. The number of rotatable bonds is 4. The fourth-order valence-corrected chi connectivity index (χ4v) is 3.64. The molecule has 0 saturated carbocycles. The molecule has 2 fully saturated rings. The van der Waals surface area contributed by atoms with Gasteiger partial charge >= 0.3 is 0 Å². The van der Waals surface area contributed by atoms with Crippen LogP contribution in [0.3, 0.4) is 0 Å². The third-order valence-electron chi connectivity index (χ3n) is 5.43. The van der Waals surface area contributed by atoms with Crippen LogP contribution >= 0.6 is 24.8 Å². The van der Waals surface area contributed by atoms with Crippen LogP contribution < -0.4 is 5.32 Å². The smallest absolute Gasteiger partial charge is 0.237 e. The molecule has 5 nitrogen and oxygen atoms in total. The van der Waals surface area contributed by atoms with E-state index in [1.165, 1.54) is 5.56 Å². The van der Waals surface area contributed by atoms with Crippen LogP contribution in [0, 0.1) is 0 Å². The summed E-state index contributed by atoms with van der Waals surface area (Å²) in [5.74, 6) is 0.285. The van der Waals surface area contributed by atoms with Gasteiger partial charge in [-0.05, 0) is 19.4 Å². The van der Waals surface area contributed by atoms with Gasteiger partial charge < -0.3 is 10.2 Å². The molecule has 3 rings (SSSR count). The van der Waals surface area contributed by atoms with Crippen molar-refractivity contribution in [1.29, 1.82) is 0 Å². The van der Waals surface area contributed by atoms with Gasteiger partial charge in [0.25, 0.3) is 0 Å². The van der Waals surface area contributed by atoms with Gasteiger partial charge in [0, 0.05) is 57.9 Å². The van der Waals surface area contributed by atoms with Crippen LogP contribution in [0.25, 0.3) is 0 Å². The van der Waals surface area contributed by atoms with Crippen molar-refractivity contribution in [3.8, 4) is 0 Å². The molecule has 2 atom stereocenters. The van der Waals surface area contributed by atoms with Crippen molar-refractivity contribution in [3.05, 3.63) is 35.9 Å². The highest BCUT2D eigenvalue weighted by Gasteiger charge is 2.29. The predicted octanol–water partition coefficient (Wildman–Crippen LogP) is 1.86. The highest BCUT2D eigenvalue weighted by atomic mass is 35.5. The predicted molar refractivity (Wildman–Crippen MR) is 111 cm³/mol.